The van der Waals surface area contributed by atoms with E-state index >= 15 is 0 Å². The topological polar surface area (TPSA) is 20.3 Å². The molecule has 3 atom stereocenters. The van der Waals surface area contributed by atoms with Gasteiger partial charge in [0.1, 0.15) is 0 Å². The summed E-state index contributed by atoms with van der Waals surface area (Å²) in [4.78, 5) is 15.1. The van der Waals surface area contributed by atoms with Gasteiger partial charge in [0.05, 0.1) is 0 Å². The van der Waals surface area contributed by atoms with Crippen molar-refractivity contribution >= 4 is 5.78 Å². The van der Waals surface area contributed by atoms with E-state index in [1.54, 1.807) is 0 Å². The van der Waals surface area contributed by atoms with E-state index in [1.807, 2.05) is 12.1 Å². The molecule has 116 valence electrons. The molecule has 0 N–H and O–H groups in total. The van der Waals surface area contributed by atoms with E-state index in [9.17, 15) is 4.79 Å². The van der Waals surface area contributed by atoms with Crippen LogP contribution in [-0.2, 0) is 5.41 Å². The van der Waals surface area contributed by atoms with E-state index in [1.165, 1.54) is 57.2 Å². The van der Waals surface area contributed by atoms with Crippen LogP contribution in [0.5, 0.6) is 0 Å². The molecular formula is C20H25NO. The Hall–Kier alpha value is -1.15. The first-order valence-corrected chi connectivity index (χ1v) is 9.12. The molecule has 3 fully saturated rings. The monoisotopic (exact) mass is 295 g/mol. The average molecular weight is 295 g/mol. The number of nitrogens with zero attached hydrogens (tertiary/aromatic N) is 1. The van der Waals surface area contributed by atoms with Gasteiger partial charge >= 0.3 is 0 Å². The van der Waals surface area contributed by atoms with Crippen LogP contribution in [0.4, 0.5) is 0 Å². The van der Waals surface area contributed by atoms with Crippen LogP contribution in [0, 0.1) is 11.8 Å². The average Bonchev–Trinajstić information content (AvgIpc) is 3.24. The number of benzene rings is 1. The maximum absolute atomic E-state index is 12.4. The summed E-state index contributed by atoms with van der Waals surface area (Å²) in [5.41, 5.74) is 2.53. The fourth-order valence-corrected chi connectivity index (χ4v) is 6.07. The third-order valence-corrected chi connectivity index (χ3v) is 7.22. The fourth-order valence-electron chi connectivity index (χ4n) is 6.07. The van der Waals surface area contributed by atoms with E-state index in [2.05, 4.69) is 17.0 Å². The van der Waals surface area contributed by atoms with Gasteiger partial charge in [0, 0.05) is 23.4 Å². The Morgan fingerprint density at radius 1 is 1.05 bits per heavy atom. The SMILES string of the molecule is O=C1CC2(CCN([C@@H]3C[C@H]4CC[C@@H]3C4)CC2)c2ccccc21. The molecule has 1 heterocycles. The molecule has 0 radical (unpaired) electrons. The van der Waals surface area contributed by atoms with Crippen molar-refractivity contribution < 1.29 is 4.79 Å². The molecule has 2 heteroatoms. The quantitative estimate of drug-likeness (QED) is 0.785. The van der Waals surface area contributed by atoms with Crippen molar-refractivity contribution in [3.05, 3.63) is 35.4 Å². The molecule has 2 bridgehead atoms. The summed E-state index contributed by atoms with van der Waals surface area (Å²) in [6, 6.07) is 9.24. The Labute approximate surface area is 132 Å². The molecule has 0 aromatic heterocycles. The van der Waals surface area contributed by atoms with E-state index in [-0.39, 0.29) is 5.41 Å². The van der Waals surface area contributed by atoms with Crippen molar-refractivity contribution in [1.29, 1.82) is 0 Å². The van der Waals surface area contributed by atoms with Gasteiger partial charge in [-0.2, -0.15) is 0 Å². The second-order valence-electron chi connectivity index (χ2n) is 8.20. The minimum absolute atomic E-state index is 0.168. The number of ketones is 1. The molecule has 0 unspecified atom stereocenters. The number of fused-ring (bicyclic) bond motifs is 4. The molecule has 1 aromatic carbocycles. The number of rotatable bonds is 1. The third-order valence-electron chi connectivity index (χ3n) is 7.22. The minimum atomic E-state index is 0.168. The molecule has 1 aromatic rings. The largest absolute Gasteiger partial charge is 0.300 e. The van der Waals surface area contributed by atoms with Gasteiger partial charge in [-0.3, -0.25) is 4.79 Å². The number of carbonyl (C=O) groups is 1. The molecule has 5 rings (SSSR count). The molecule has 2 nitrogen and oxygen atoms in total. The van der Waals surface area contributed by atoms with Crippen LogP contribution in [-0.4, -0.2) is 29.8 Å². The highest BCUT2D eigenvalue weighted by Crippen LogP contribution is 2.50. The van der Waals surface area contributed by atoms with Crippen LogP contribution >= 0.6 is 0 Å². The first kappa shape index (κ1) is 13.3. The zero-order valence-corrected chi connectivity index (χ0v) is 13.3. The van der Waals surface area contributed by atoms with Gasteiger partial charge in [0.25, 0.3) is 0 Å². The summed E-state index contributed by atoms with van der Waals surface area (Å²) < 4.78 is 0. The first-order chi connectivity index (χ1) is 10.8. The summed E-state index contributed by atoms with van der Waals surface area (Å²) in [6.07, 6.45) is 9.03. The summed E-state index contributed by atoms with van der Waals surface area (Å²) in [5.74, 6) is 2.39. The third kappa shape index (κ3) is 1.79. The lowest BCUT2D eigenvalue weighted by Gasteiger charge is -2.44. The summed E-state index contributed by atoms with van der Waals surface area (Å²) in [5, 5.41) is 0. The van der Waals surface area contributed by atoms with Crippen molar-refractivity contribution in [1.82, 2.24) is 4.90 Å². The van der Waals surface area contributed by atoms with Gasteiger partial charge in [0.15, 0.2) is 5.78 Å². The molecule has 1 spiro atoms. The lowest BCUT2D eigenvalue weighted by molar-refractivity contribution is 0.0767. The van der Waals surface area contributed by atoms with Gasteiger partial charge in [0.2, 0.25) is 0 Å². The lowest BCUT2D eigenvalue weighted by atomic mass is 9.73. The highest BCUT2D eigenvalue weighted by atomic mass is 16.1. The number of hydrogen-bond acceptors (Lipinski definition) is 2. The van der Waals surface area contributed by atoms with E-state index in [0.29, 0.717) is 5.78 Å². The molecule has 0 amide bonds. The van der Waals surface area contributed by atoms with Crippen molar-refractivity contribution in [2.75, 3.05) is 13.1 Å². The molecule has 1 aliphatic heterocycles. The zero-order valence-electron chi connectivity index (χ0n) is 13.3. The van der Waals surface area contributed by atoms with E-state index < -0.39 is 0 Å². The number of Topliss-reactive ketones (excluding diaryl/α,β-unsaturated/α-hetero) is 1. The predicted molar refractivity (Wildman–Crippen MR) is 87.1 cm³/mol. The molecule has 4 aliphatic rings. The highest BCUT2D eigenvalue weighted by molar-refractivity contribution is 6.02. The van der Waals surface area contributed by atoms with Crippen molar-refractivity contribution in [2.24, 2.45) is 11.8 Å². The molecular weight excluding hydrogens is 270 g/mol. The van der Waals surface area contributed by atoms with Crippen LogP contribution in [0.15, 0.2) is 24.3 Å². The normalized spacial score (nSPS) is 36.2. The van der Waals surface area contributed by atoms with Gasteiger partial charge < -0.3 is 4.90 Å². The number of likely N-dealkylation sites (tertiary alicyclic amines) is 1. The number of piperidine rings is 1. The van der Waals surface area contributed by atoms with Gasteiger partial charge in [-0.15, -0.1) is 0 Å². The highest BCUT2D eigenvalue weighted by Gasteiger charge is 2.48. The lowest BCUT2D eigenvalue weighted by Crippen LogP contribution is -2.48. The Balaban J connectivity index is 1.36. The minimum Gasteiger partial charge on any atom is -0.300 e. The fraction of sp³-hybridized carbons (Fsp3) is 0.650. The second kappa shape index (κ2) is 4.67. The summed E-state index contributed by atoms with van der Waals surface area (Å²) in [7, 11) is 0. The van der Waals surface area contributed by atoms with Crippen molar-refractivity contribution in [3.63, 3.8) is 0 Å². The maximum Gasteiger partial charge on any atom is 0.164 e. The standard InChI is InChI=1S/C20H25NO/c22-19-13-20(17-4-2-1-3-16(17)19)7-9-21(10-8-20)18-12-14-5-6-15(18)11-14/h1-4,14-15,18H,5-13H2/t14-,15+,18+/m0/s1. The van der Waals surface area contributed by atoms with Crippen LogP contribution in [0.25, 0.3) is 0 Å². The molecule has 1 saturated heterocycles. The van der Waals surface area contributed by atoms with Gasteiger partial charge in [-0.25, -0.2) is 0 Å². The van der Waals surface area contributed by atoms with Crippen LogP contribution in [0.1, 0.15) is 60.9 Å². The molecule has 3 aliphatic carbocycles. The molecule has 2 saturated carbocycles. The first-order valence-electron chi connectivity index (χ1n) is 9.12. The number of carbonyl (C=O) groups excluding carboxylic acids is 1. The van der Waals surface area contributed by atoms with Crippen LogP contribution in [0.2, 0.25) is 0 Å². The van der Waals surface area contributed by atoms with E-state index in [0.717, 1.165) is 29.9 Å². The maximum atomic E-state index is 12.4. The Bertz CT molecular complexity index is 614. The smallest absolute Gasteiger partial charge is 0.164 e. The van der Waals surface area contributed by atoms with Crippen molar-refractivity contribution in [3.8, 4) is 0 Å². The predicted octanol–water partition coefficient (Wildman–Crippen LogP) is 3.80. The summed E-state index contributed by atoms with van der Waals surface area (Å²) in [6.45, 7) is 2.41. The van der Waals surface area contributed by atoms with Gasteiger partial charge in [-0.1, -0.05) is 30.7 Å². The van der Waals surface area contributed by atoms with Crippen LogP contribution in [0.3, 0.4) is 0 Å². The Morgan fingerprint density at radius 2 is 1.86 bits per heavy atom. The number of hydrogen-bond donors (Lipinski definition) is 0. The van der Waals surface area contributed by atoms with Crippen molar-refractivity contribution in [2.45, 2.75) is 56.4 Å². The van der Waals surface area contributed by atoms with E-state index in [4.69, 9.17) is 0 Å². The Kier molecular flexibility index (Phi) is 2.83. The Morgan fingerprint density at radius 3 is 2.59 bits per heavy atom. The summed E-state index contributed by atoms with van der Waals surface area (Å²) >= 11 is 0. The molecule has 22 heavy (non-hydrogen) atoms. The second-order valence-corrected chi connectivity index (χ2v) is 8.20. The zero-order chi connectivity index (χ0) is 14.7. The van der Waals surface area contributed by atoms with Crippen LogP contribution < -0.4 is 0 Å². The van der Waals surface area contributed by atoms with Gasteiger partial charge in [-0.05, 0) is 62.6 Å².